The molecule has 0 aromatic heterocycles. The Hall–Kier alpha value is -2.09. The van der Waals surface area contributed by atoms with Gasteiger partial charge in [0.15, 0.2) is 0 Å². The highest BCUT2D eigenvalue weighted by Crippen LogP contribution is 2.56. The Bertz CT molecular complexity index is 847. The number of fused-ring (bicyclic) bond motifs is 1. The van der Waals surface area contributed by atoms with Gasteiger partial charge in [0.25, 0.3) is 0 Å². The van der Waals surface area contributed by atoms with Crippen molar-refractivity contribution in [3.63, 3.8) is 0 Å². The van der Waals surface area contributed by atoms with Crippen LogP contribution in [0.1, 0.15) is 44.6 Å². The molecule has 4 aliphatic rings. The SMILES string of the molecule is CC(=O)Oc1ccc2cc(C=C3C4CC5CC(C4)CC3C5)ccc2c1. The number of benzene rings is 2. The minimum atomic E-state index is -0.275. The van der Waals surface area contributed by atoms with Crippen LogP contribution in [0.25, 0.3) is 16.8 Å². The summed E-state index contributed by atoms with van der Waals surface area (Å²) in [6, 6.07) is 12.5. The molecule has 4 saturated carbocycles. The molecule has 0 radical (unpaired) electrons. The van der Waals surface area contributed by atoms with Crippen LogP contribution < -0.4 is 4.74 Å². The van der Waals surface area contributed by atoms with Crippen molar-refractivity contribution in [3.05, 3.63) is 47.5 Å². The van der Waals surface area contributed by atoms with Crippen LogP contribution >= 0.6 is 0 Å². The summed E-state index contributed by atoms with van der Waals surface area (Å²) in [6.45, 7) is 1.43. The smallest absolute Gasteiger partial charge is 0.308 e. The highest BCUT2D eigenvalue weighted by Gasteiger charge is 2.44. The Morgan fingerprint density at radius 2 is 1.56 bits per heavy atom. The molecule has 4 aliphatic carbocycles. The molecule has 25 heavy (non-hydrogen) atoms. The molecule has 128 valence electrons. The average molecular weight is 332 g/mol. The van der Waals surface area contributed by atoms with Gasteiger partial charge in [0, 0.05) is 6.92 Å². The number of hydrogen-bond acceptors (Lipinski definition) is 2. The van der Waals surface area contributed by atoms with E-state index >= 15 is 0 Å². The summed E-state index contributed by atoms with van der Waals surface area (Å²) in [6.07, 6.45) is 9.69. The molecule has 2 aromatic carbocycles. The van der Waals surface area contributed by atoms with Crippen molar-refractivity contribution in [2.75, 3.05) is 0 Å². The zero-order chi connectivity index (χ0) is 17.0. The minimum absolute atomic E-state index is 0.275. The first-order valence-electron chi connectivity index (χ1n) is 9.58. The minimum Gasteiger partial charge on any atom is -0.427 e. The fourth-order valence-corrected chi connectivity index (χ4v) is 5.72. The maximum Gasteiger partial charge on any atom is 0.308 e. The van der Waals surface area contributed by atoms with Crippen LogP contribution in [-0.2, 0) is 4.79 Å². The van der Waals surface area contributed by atoms with E-state index in [0.717, 1.165) is 29.1 Å². The Balaban J connectivity index is 1.46. The molecule has 2 heteroatoms. The second-order valence-corrected chi connectivity index (χ2v) is 8.31. The monoisotopic (exact) mass is 332 g/mol. The van der Waals surface area contributed by atoms with Crippen molar-refractivity contribution in [3.8, 4) is 5.75 Å². The number of hydrogen-bond donors (Lipinski definition) is 0. The van der Waals surface area contributed by atoms with Gasteiger partial charge in [0.2, 0.25) is 0 Å². The quantitative estimate of drug-likeness (QED) is 0.528. The first-order valence-corrected chi connectivity index (χ1v) is 9.58. The Labute approximate surface area is 148 Å². The van der Waals surface area contributed by atoms with Gasteiger partial charge >= 0.3 is 5.97 Å². The molecule has 6 rings (SSSR count). The molecule has 4 bridgehead atoms. The molecule has 0 unspecified atom stereocenters. The van der Waals surface area contributed by atoms with Gasteiger partial charge < -0.3 is 4.74 Å². The average Bonchev–Trinajstić information content (AvgIpc) is 2.57. The molecule has 0 heterocycles. The lowest BCUT2D eigenvalue weighted by Crippen LogP contribution is -2.40. The maximum atomic E-state index is 11.1. The largest absolute Gasteiger partial charge is 0.427 e. The predicted molar refractivity (Wildman–Crippen MR) is 100 cm³/mol. The van der Waals surface area contributed by atoms with Gasteiger partial charge in [0.1, 0.15) is 5.75 Å². The molecular formula is C23H24O2. The van der Waals surface area contributed by atoms with Gasteiger partial charge in [-0.25, -0.2) is 0 Å². The van der Waals surface area contributed by atoms with E-state index < -0.39 is 0 Å². The van der Waals surface area contributed by atoms with E-state index in [1.807, 2.05) is 18.2 Å². The lowest BCUT2D eigenvalue weighted by Gasteiger charge is -2.51. The number of carbonyl (C=O) groups is 1. The van der Waals surface area contributed by atoms with Gasteiger partial charge in [0.05, 0.1) is 0 Å². The van der Waals surface area contributed by atoms with Crippen molar-refractivity contribution in [2.45, 2.75) is 39.0 Å². The topological polar surface area (TPSA) is 26.3 Å². The Kier molecular flexibility index (Phi) is 3.48. The van der Waals surface area contributed by atoms with E-state index in [9.17, 15) is 4.79 Å². The zero-order valence-electron chi connectivity index (χ0n) is 14.7. The van der Waals surface area contributed by atoms with Crippen LogP contribution in [-0.4, -0.2) is 5.97 Å². The molecule has 0 N–H and O–H groups in total. The summed E-state index contributed by atoms with van der Waals surface area (Å²) in [5.41, 5.74) is 3.04. The van der Waals surface area contributed by atoms with E-state index in [1.165, 1.54) is 50.0 Å². The fourth-order valence-electron chi connectivity index (χ4n) is 5.72. The van der Waals surface area contributed by atoms with E-state index in [0.29, 0.717) is 5.75 Å². The molecular weight excluding hydrogens is 308 g/mol. The Morgan fingerprint density at radius 3 is 2.24 bits per heavy atom. The molecule has 4 fully saturated rings. The summed E-state index contributed by atoms with van der Waals surface area (Å²) < 4.78 is 5.19. The fraction of sp³-hybridized carbons (Fsp3) is 0.435. The van der Waals surface area contributed by atoms with Gasteiger partial charge in [-0.2, -0.15) is 0 Å². The summed E-state index contributed by atoms with van der Waals surface area (Å²) >= 11 is 0. The summed E-state index contributed by atoms with van der Waals surface area (Å²) in [5, 5.41) is 2.32. The van der Waals surface area contributed by atoms with Gasteiger partial charge in [-0.1, -0.05) is 29.8 Å². The number of rotatable bonds is 2. The highest BCUT2D eigenvalue weighted by molar-refractivity contribution is 5.86. The zero-order valence-corrected chi connectivity index (χ0v) is 14.7. The summed E-state index contributed by atoms with van der Waals surface area (Å²) in [4.78, 5) is 11.1. The van der Waals surface area contributed by atoms with Crippen molar-refractivity contribution < 1.29 is 9.53 Å². The maximum absolute atomic E-state index is 11.1. The molecule has 0 saturated heterocycles. The van der Waals surface area contributed by atoms with E-state index in [1.54, 1.807) is 5.57 Å². The van der Waals surface area contributed by atoms with Gasteiger partial charge in [-0.3, -0.25) is 4.79 Å². The highest BCUT2D eigenvalue weighted by atomic mass is 16.5. The van der Waals surface area contributed by atoms with Crippen molar-refractivity contribution in [1.82, 2.24) is 0 Å². The normalized spacial score (nSPS) is 29.9. The number of allylic oxidation sites excluding steroid dienone is 1. The van der Waals surface area contributed by atoms with E-state index in [4.69, 9.17) is 4.74 Å². The summed E-state index contributed by atoms with van der Waals surface area (Å²) in [5.74, 6) is 4.05. The van der Waals surface area contributed by atoms with Crippen LogP contribution in [0.15, 0.2) is 42.0 Å². The summed E-state index contributed by atoms with van der Waals surface area (Å²) in [7, 11) is 0. The van der Waals surface area contributed by atoms with E-state index in [2.05, 4.69) is 24.3 Å². The van der Waals surface area contributed by atoms with Crippen LogP contribution in [0.4, 0.5) is 0 Å². The molecule has 0 amide bonds. The lowest BCUT2D eigenvalue weighted by atomic mass is 9.54. The van der Waals surface area contributed by atoms with Gasteiger partial charge in [-0.05, 0) is 90.3 Å². The lowest BCUT2D eigenvalue weighted by molar-refractivity contribution is -0.131. The number of carbonyl (C=O) groups excluding carboxylic acids is 1. The molecule has 2 nitrogen and oxygen atoms in total. The number of ether oxygens (including phenoxy) is 1. The van der Waals surface area contributed by atoms with Crippen LogP contribution in [0.5, 0.6) is 5.75 Å². The first-order chi connectivity index (χ1) is 12.1. The van der Waals surface area contributed by atoms with Crippen molar-refractivity contribution in [1.29, 1.82) is 0 Å². The second-order valence-electron chi connectivity index (χ2n) is 8.31. The van der Waals surface area contributed by atoms with E-state index in [-0.39, 0.29) is 5.97 Å². The third-order valence-electron chi connectivity index (χ3n) is 6.51. The van der Waals surface area contributed by atoms with Gasteiger partial charge in [-0.15, -0.1) is 0 Å². The van der Waals surface area contributed by atoms with Crippen molar-refractivity contribution >= 4 is 22.8 Å². The predicted octanol–water partition coefficient (Wildman–Crippen LogP) is 5.60. The van der Waals surface area contributed by atoms with Crippen molar-refractivity contribution in [2.24, 2.45) is 23.7 Å². The third kappa shape index (κ3) is 2.78. The third-order valence-corrected chi connectivity index (χ3v) is 6.51. The molecule has 2 aromatic rings. The van der Waals surface area contributed by atoms with Crippen LogP contribution in [0.2, 0.25) is 0 Å². The number of esters is 1. The first kappa shape index (κ1) is 15.2. The molecule has 0 atom stereocenters. The standard InChI is InChI=1S/C23H24O2/c1-14(24)25-22-5-4-18-7-15(2-3-19(18)13-22)12-23-20-8-16-6-17(10-20)11-21(23)9-16/h2-5,7,12-13,16-17,20-21H,6,8-11H2,1H3. The Morgan fingerprint density at radius 1 is 0.920 bits per heavy atom. The molecule has 0 spiro atoms. The van der Waals surface area contributed by atoms with Crippen LogP contribution in [0.3, 0.4) is 0 Å². The van der Waals surface area contributed by atoms with Crippen LogP contribution in [0, 0.1) is 23.7 Å². The second kappa shape index (κ2) is 5.72. The molecule has 0 aliphatic heterocycles.